The van der Waals surface area contributed by atoms with E-state index >= 15 is 0 Å². The number of hydrogen-bond donors (Lipinski definition) is 0. The summed E-state index contributed by atoms with van der Waals surface area (Å²) < 4.78 is 11.5. The average Bonchev–Trinajstić information content (AvgIpc) is 2.61. The van der Waals surface area contributed by atoms with Crippen LogP contribution in [0.5, 0.6) is 11.5 Å². The number of carbonyl (C=O) groups excluding carboxylic acids is 1. The van der Waals surface area contributed by atoms with Gasteiger partial charge >= 0.3 is 0 Å². The molecule has 0 spiro atoms. The van der Waals surface area contributed by atoms with Gasteiger partial charge in [-0.2, -0.15) is 0 Å². The Morgan fingerprint density at radius 3 is 2.65 bits per heavy atom. The lowest BCUT2D eigenvalue weighted by Gasteiger charge is -2.29. The number of aryl methyl sites for hydroxylation is 1. The van der Waals surface area contributed by atoms with Crippen molar-refractivity contribution in [1.29, 1.82) is 0 Å². The second-order valence-corrected chi connectivity index (χ2v) is 5.42. The molecule has 3 rings (SSSR count). The molecule has 0 fully saturated rings. The van der Waals surface area contributed by atoms with Crippen molar-refractivity contribution in [2.75, 3.05) is 20.2 Å². The number of benzene rings is 1. The number of nitrogens with zero attached hydrogens (tertiary/aromatic N) is 3. The van der Waals surface area contributed by atoms with Gasteiger partial charge in [0.2, 0.25) is 0 Å². The highest BCUT2D eigenvalue weighted by Crippen LogP contribution is 2.30. The predicted molar refractivity (Wildman–Crippen MR) is 84.7 cm³/mol. The molecule has 0 unspecified atom stereocenters. The van der Waals surface area contributed by atoms with E-state index in [4.69, 9.17) is 9.47 Å². The first kappa shape index (κ1) is 15.3. The molecule has 2 heterocycles. The van der Waals surface area contributed by atoms with E-state index in [2.05, 4.69) is 9.97 Å². The Labute approximate surface area is 135 Å². The maximum atomic E-state index is 12.4. The quantitative estimate of drug-likeness (QED) is 0.863. The van der Waals surface area contributed by atoms with Crippen molar-refractivity contribution in [2.24, 2.45) is 0 Å². The minimum atomic E-state index is -0.199. The van der Waals surface area contributed by atoms with Crippen LogP contribution in [0.1, 0.15) is 23.1 Å². The van der Waals surface area contributed by atoms with Gasteiger partial charge in [0.1, 0.15) is 12.4 Å². The number of hydrogen-bond acceptors (Lipinski definition) is 5. The summed E-state index contributed by atoms with van der Waals surface area (Å²) in [5.74, 6) is 2.04. The molecule has 0 N–H and O–H groups in total. The molecule has 1 amide bonds. The topological polar surface area (TPSA) is 64.6 Å². The molecule has 0 radical (unpaired) electrons. The minimum absolute atomic E-state index is 0.130. The Hall–Kier alpha value is -2.63. The lowest BCUT2D eigenvalue weighted by Crippen LogP contribution is -2.41. The summed E-state index contributed by atoms with van der Waals surface area (Å²) in [7, 11) is 1.74. The maximum Gasteiger partial charge on any atom is 0.256 e. The zero-order chi connectivity index (χ0) is 16.2. The second kappa shape index (κ2) is 6.64. The summed E-state index contributed by atoms with van der Waals surface area (Å²) in [5, 5.41) is 0. The maximum absolute atomic E-state index is 12.4. The number of likely N-dealkylation sites (N-methyl/N-ethyl adjacent to an activating group) is 1. The Bertz CT molecular complexity index is 688. The number of aromatic nitrogens is 2. The number of carbonyl (C=O) groups is 1. The predicted octanol–water partition coefficient (Wildman–Crippen LogP) is 1.95. The monoisotopic (exact) mass is 313 g/mol. The van der Waals surface area contributed by atoms with Crippen LogP contribution in [-0.4, -0.2) is 47.1 Å². The molecule has 6 heteroatoms. The highest BCUT2D eigenvalue weighted by Gasteiger charge is 2.24. The molecule has 6 nitrogen and oxygen atoms in total. The summed E-state index contributed by atoms with van der Waals surface area (Å²) in [5.41, 5.74) is 0.474. The molecular formula is C17H19N3O3. The lowest BCUT2D eigenvalue weighted by molar-refractivity contribution is 0.0520. The van der Waals surface area contributed by atoms with Crippen molar-refractivity contribution in [3.63, 3.8) is 0 Å². The second-order valence-electron chi connectivity index (χ2n) is 5.42. The molecule has 1 atom stereocenters. The molecular weight excluding hydrogens is 294 g/mol. The van der Waals surface area contributed by atoms with Crippen LogP contribution in [0.15, 0.2) is 36.7 Å². The average molecular weight is 313 g/mol. The van der Waals surface area contributed by atoms with Gasteiger partial charge in [-0.15, -0.1) is 0 Å². The van der Waals surface area contributed by atoms with E-state index in [0.717, 1.165) is 18.0 Å². The fraction of sp³-hybridized carbons (Fsp3) is 0.353. The van der Waals surface area contributed by atoms with E-state index in [1.54, 1.807) is 24.3 Å². The van der Waals surface area contributed by atoms with Crippen LogP contribution in [-0.2, 0) is 6.42 Å². The fourth-order valence-electron chi connectivity index (χ4n) is 2.41. The van der Waals surface area contributed by atoms with Crippen LogP contribution in [0.25, 0.3) is 0 Å². The van der Waals surface area contributed by atoms with Gasteiger partial charge in [-0.25, -0.2) is 9.97 Å². The number of para-hydroxylation sites is 2. The van der Waals surface area contributed by atoms with Gasteiger partial charge in [-0.1, -0.05) is 19.1 Å². The summed E-state index contributed by atoms with van der Waals surface area (Å²) in [6.07, 6.45) is 3.68. The molecule has 0 saturated heterocycles. The number of fused-ring (bicyclic) bond motifs is 1. The summed E-state index contributed by atoms with van der Waals surface area (Å²) >= 11 is 0. The largest absolute Gasteiger partial charge is 0.486 e. The van der Waals surface area contributed by atoms with Crippen LogP contribution < -0.4 is 9.47 Å². The highest BCUT2D eigenvalue weighted by molar-refractivity contribution is 5.93. The van der Waals surface area contributed by atoms with Gasteiger partial charge in [0.25, 0.3) is 5.91 Å². The van der Waals surface area contributed by atoms with E-state index in [1.165, 1.54) is 0 Å². The van der Waals surface area contributed by atoms with Gasteiger partial charge in [0, 0.05) is 25.9 Å². The van der Waals surface area contributed by atoms with Crippen molar-refractivity contribution in [1.82, 2.24) is 14.9 Å². The van der Waals surface area contributed by atoms with Crippen molar-refractivity contribution >= 4 is 5.91 Å². The molecule has 0 aliphatic carbocycles. The van der Waals surface area contributed by atoms with Gasteiger partial charge in [0.05, 0.1) is 12.1 Å². The molecule has 1 aliphatic rings. The third kappa shape index (κ3) is 3.41. The van der Waals surface area contributed by atoms with Gasteiger partial charge in [-0.05, 0) is 12.1 Å². The van der Waals surface area contributed by atoms with E-state index in [0.29, 0.717) is 24.5 Å². The molecule has 1 aliphatic heterocycles. The van der Waals surface area contributed by atoms with E-state index in [9.17, 15) is 4.79 Å². The van der Waals surface area contributed by atoms with Crippen LogP contribution in [0.4, 0.5) is 0 Å². The Balaban J connectivity index is 1.62. The first-order valence-corrected chi connectivity index (χ1v) is 7.62. The summed E-state index contributed by atoms with van der Waals surface area (Å²) in [4.78, 5) is 22.3. The van der Waals surface area contributed by atoms with Gasteiger partial charge in [0.15, 0.2) is 17.6 Å². The van der Waals surface area contributed by atoms with Crippen molar-refractivity contribution in [2.45, 2.75) is 19.4 Å². The molecule has 0 bridgehead atoms. The molecule has 23 heavy (non-hydrogen) atoms. The third-order valence-electron chi connectivity index (χ3n) is 3.66. The smallest absolute Gasteiger partial charge is 0.256 e. The molecule has 120 valence electrons. The van der Waals surface area contributed by atoms with E-state index in [1.807, 2.05) is 31.2 Å². The SMILES string of the molecule is CCc1ncc(C(=O)N(C)C[C@@H]2COc3ccccc3O2)cn1. The standard InChI is InChI=1S/C17H19N3O3/c1-3-16-18-8-12(9-19-16)17(21)20(2)10-13-11-22-14-6-4-5-7-15(14)23-13/h4-9,13H,3,10-11H2,1-2H3/t13-/m1/s1. The molecule has 1 aromatic carbocycles. The van der Waals surface area contributed by atoms with Crippen LogP contribution in [0, 0.1) is 0 Å². The van der Waals surface area contributed by atoms with Crippen molar-refractivity contribution < 1.29 is 14.3 Å². The Kier molecular flexibility index (Phi) is 4.41. The molecule has 2 aromatic rings. The van der Waals surface area contributed by atoms with Crippen molar-refractivity contribution in [3.05, 3.63) is 48.0 Å². The summed E-state index contributed by atoms with van der Waals surface area (Å²) in [6.45, 7) is 2.82. The Morgan fingerprint density at radius 1 is 1.26 bits per heavy atom. The van der Waals surface area contributed by atoms with Gasteiger partial charge in [-0.3, -0.25) is 4.79 Å². The highest BCUT2D eigenvalue weighted by atomic mass is 16.6. The number of rotatable bonds is 4. The van der Waals surface area contributed by atoms with Crippen LogP contribution in [0.2, 0.25) is 0 Å². The normalized spacial score (nSPS) is 16.0. The van der Waals surface area contributed by atoms with Gasteiger partial charge < -0.3 is 14.4 Å². The number of ether oxygens (including phenoxy) is 2. The van der Waals surface area contributed by atoms with Crippen LogP contribution in [0.3, 0.4) is 0 Å². The Morgan fingerprint density at radius 2 is 1.96 bits per heavy atom. The van der Waals surface area contributed by atoms with Crippen LogP contribution >= 0.6 is 0 Å². The first-order chi connectivity index (χ1) is 11.2. The fourth-order valence-corrected chi connectivity index (χ4v) is 2.41. The zero-order valence-electron chi connectivity index (χ0n) is 13.2. The van der Waals surface area contributed by atoms with E-state index in [-0.39, 0.29) is 12.0 Å². The lowest BCUT2D eigenvalue weighted by atomic mass is 10.2. The number of amides is 1. The first-order valence-electron chi connectivity index (χ1n) is 7.62. The van der Waals surface area contributed by atoms with E-state index < -0.39 is 0 Å². The molecule has 1 aromatic heterocycles. The zero-order valence-corrected chi connectivity index (χ0v) is 13.2. The summed E-state index contributed by atoms with van der Waals surface area (Å²) in [6, 6.07) is 7.53. The minimum Gasteiger partial charge on any atom is -0.486 e. The molecule has 0 saturated carbocycles. The van der Waals surface area contributed by atoms with Crippen molar-refractivity contribution in [3.8, 4) is 11.5 Å². The third-order valence-corrected chi connectivity index (χ3v) is 3.66.